The first-order valence-corrected chi connectivity index (χ1v) is 6.34. The Morgan fingerprint density at radius 3 is 2.64 bits per heavy atom. The van der Waals surface area contributed by atoms with E-state index in [1.54, 1.807) is 0 Å². The molecule has 0 spiro atoms. The van der Waals surface area contributed by atoms with E-state index in [-0.39, 0.29) is 17.0 Å². The van der Waals surface area contributed by atoms with Crippen molar-refractivity contribution in [2.75, 3.05) is 12.3 Å². The van der Waals surface area contributed by atoms with E-state index in [0.29, 0.717) is 0 Å². The van der Waals surface area contributed by atoms with Gasteiger partial charge in [0.15, 0.2) is 29.0 Å². The molecule has 0 saturated carbocycles. The fraction of sp³-hybridized carbons (Fsp3) is 0.545. The summed E-state index contributed by atoms with van der Waals surface area (Å²) in [6.07, 6.45) is -7.39. The number of imidazole rings is 1. The van der Waals surface area contributed by atoms with Crippen molar-refractivity contribution >= 4 is 17.0 Å². The van der Waals surface area contributed by atoms with Gasteiger partial charge in [0.1, 0.15) is 24.6 Å². The van der Waals surface area contributed by atoms with Crippen molar-refractivity contribution in [3.8, 4) is 0 Å². The number of hydrogen-bond donors (Lipinski definition) is 4. The average Bonchev–Trinajstić information content (AvgIpc) is 3.00. The lowest BCUT2D eigenvalue weighted by molar-refractivity contribution is -0.0556. The lowest BCUT2D eigenvalue weighted by Gasteiger charge is -2.19. The number of ether oxygens (including phenoxy) is 1. The van der Waals surface area contributed by atoms with E-state index in [2.05, 4.69) is 15.0 Å². The Morgan fingerprint density at radius 2 is 2.05 bits per heavy atom. The summed E-state index contributed by atoms with van der Waals surface area (Å²) in [5, 5.41) is 28.9. The van der Waals surface area contributed by atoms with Crippen molar-refractivity contribution in [3.05, 3.63) is 12.2 Å². The smallest absolute Gasteiger partial charge is 0.295 e. The summed E-state index contributed by atoms with van der Waals surface area (Å²) in [4.78, 5) is 11.2. The van der Waals surface area contributed by atoms with E-state index in [1.807, 2.05) is 0 Å². The van der Waals surface area contributed by atoms with Crippen LogP contribution in [0, 0.1) is 0 Å². The lowest BCUT2D eigenvalue weighted by atomic mass is 10.1. The maximum atomic E-state index is 13.2. The van der Waals surface area contributed by atoms with Gasteiger partial charge in [-0.1, -0.05) is 0 Å². The van der Waals surface area contributed by atoms with Crippen molar-refractivity contribution in [2.24, 2.45) is 0 Å². The maximum Gasteiger partial charge on any atom is 0.295 e. The number of alkyl halides is 2. The van der Waals surface area contributed by atoms with Gasteiger partial charge in [-0.05, 0) is 0 Å². The minimum Gasteiger partial charge on any atom is -0.394 e. The molecular formula is C11H13F2N5O4. The van der Waals surface area contributed by atoms with Gasteiger partial charge in [-0.2, -0.15) is 0 Å². The van der Waals surface area contributed by atoms with Crippen LogP contribution < -0.4 is 5.73 Å². The number of aromatic nitrogens is 4. The summed E-state index contributed by atoms with van der Waals surface area (Å²) in [7, 11) is 0. The number of anilines is 1. The summed E-state index contributed by atoms with van der Waals surface area (Å²) in [6.45, 7) is -0.581. The monoisotopic (exact) mass is 317 g/mol. The average molecular weight is 317 g/mol. The molecule has 3 heterocycles. The SMILES string of the molecule is Nc1ncnc2c1nc(C(F)F)n2[C@@H]1O[C@H](CO)[C@@H](O)[C@H]1O. The van der Waals surface area contributed by atoms with Crippen LogP contribution in [0.5, 0.6) is 0 Å². The zero-order valence-corrected chi connectivity index (χ0v) is 11.0. The van der Waals surface area contributed by atoms with Gasteiger partial charge in [-0.15, -0.1) is 0 Å². The van der Waals surface area contributed by atoms with Crippen molar-refractivity contribution in [3.63, 3.8) is 0 Å². The third-order valence-corrected chi connectivity index (χ3v) is 3.50. The van der Waals surface area contributed by atoms with Crippen LogP contribution in [-0.4, -0.2) is 59.8 Å². The van der Waals surface area contributed by atoms with Crippen LogP contribution in [-0.2, 0) is 4.74 Å². The van der Waals surface area contributed by atoms with Crippen LogP contribution in [0.15, 0.2) is 6.33 Å². The van der Waals surface area contributed by atoms with Crippen molar-refractivity contribution in [1.29, 1.82) is 0 Å². The van der Waals surface area contributed by atoms with E-state index in [0.717, 1.165) is 10.9 Å². The highest BCUT2D eigenvalue weighted by molar-refractivity contribution is 5.82. The zero-order chi connectivity index (χ0) is 16.0. The molecule has 11 heteroatoms. The number of nitrogens with two attached hydrogens (primary N) is 1. The van der Waals surface area contributed by atoms with Gasteiger partial charge in [0.2, 0.25) is 0 Å². The molecule has 0 radical (unpaired) electrons. The second-order valence-corrected chi connectivity index (χ2v) is 4.80. The van der Waals surface area contributed by atoms with Gasteiger partial charge in [-0.3, -0.25) is 4.57 Å². The van der Waals surface area contributed by atoms with Gasteiger partial charge in [0.05, 0.1) is 6.61 Å². The van der Waals surface area contributed by atoms with Crippen LogP contribution in [0.3, 0.4) is 0 Å². The van der Waals surface area contributed by atoms with E-state index < -0.39 is 43.4 Å². The number of aliphatic hydroxyl groups excluding tert-OH is 3. The quantitative estimate of drug-likeness (QED) is 0.563. The molecule has 5 N–H and O–H groups in total. The Labute approximate surface area is 122 Å². The van der Waals surface area contributed by atoms with Crippen molar-refractivity contribution in [1.82, 2.24) is 19.5 Å². The normalized spacial score (nSPS) is 28.8. The first-order valence-electron chi connectivity index (χ1n) is 6.34. The number of rotatable bonds is 3. The minimum absolute atomic E-state index is 0.0577. The summed E-state index contributed by atoms with van der Waals surface area (Å²) in [5.74, 6) is -0.825. The first-order chi connectivity index (χ1) is 10.5. The number of nitrogen functional groups attached to an aromatic ring is 1. The van der Waals surface area contributed by atoms with E-state index >= 15 is 0 Å². The second kappa shape index (κ2) is 5.35. The Kier molecular flexibility index (Phi) is 3.64. The molecule has 2 aromatic rings. The molecule has 4 atom stereocenters. The molecule has 0 unspecified atom stereocenters. The Morgan fingerprint density at radius 1 is 1.32 bits per heavy atom. The summed E-state index contributed by atoms with van der Waals surface area (Å²) in [6, 6.07) is 0. The van der Waals surface area contributed by atoms with Crippen molar-refractivity contribution < 1.29 is 28.8 Å². The van der Waals surface area contributed by atoms with Crippen LogP contribution in [0.1, 0.15) is 18.5 Å². The molecule has 0 amide bonds. The predicted molar refractivity (Wildman–Crippen MR) is 67.7 cm³/mol. The highest BCUT2D eigenvalue weighted by Gasteiger charge is 2.45. The van der Waals surface area contributed by atoms with Gasteiger partial charge < -0.3 is 25.8 Å². The van der Waals surface area contributed by atoms with Crippen LogP contribution in [0.4, 0.5) is 14.6 Å². The summed E-state index contributed by atoms with van der Waals surface area (Å²) >= 11 is 0. The van der Waals surface area contributed by atoms with Gasteiger partial charge >= 0.3 is 0 Å². The molecule has 0 aromatic carbocycles. The fourth-order valence-corrected chi connectivity index (χ4v) is 2.44. The third-order valence-electron chi connectivity index (χ3n) is 3.50. The number of hydrogen-bond acceptors (Lipinski definition) is 8. The second-order valence-electron chi connectivity index (χ2n) is 4.80. The van der Waals surface area contributed by atoms with Gasteiger partial charge in [0, 0.05) is 0 Å². The van der Waals surface area contributed by atoms with Crippen molar-refractivity contribution in [2.45, 2.75) is 31.0 Å². The Hall–Kier alpha value is -1.95. The third kappa shape index (κ3) is 2.09. The molecule has 0 aliphatic carbocycles. The molecule has 1 aliphatic rings. The molecule has 2 aromatic heterocycles. The molecule has 0 bridgehead atoms. The van der Waals surface area contributed by atoms with Crippen LogP contribution in [0.2, 0.25) is 0 Å². The van der Waals surface area contributed by atoms with Gasteiger partial charge in [-0.25, -0.2) is 23.7 Å². The molecule has 22 heavy (non-hydrogen) atoms. The first kappa shape index (κ1) is 15.0. The van der Waals surface area contributed by atoms with Crippen LogP contribution in [0.25, 0.3) is 11.2 Å². The maximum absolute atomic E-state index is 13.2. The van der Waals surface area contributed by atoms with E-state index in [4.69, 9.17) is 15.6 Å². The summed E-state index contributed by atoms with van der Waals surface area (Å²) in [5.41, 5.74) is 5.47. The molecular weight excluding hydrogens is 304 g/mol. The predicted octanol–water partition coefficient (Wildman–Crippen LogP) is -1.04. The highest BCUT2D eigenvalue weighted by atomic mass is 19.3. The molecule has 120 valence electrons. The standard InChI is InChI=1S/C11H13F2N5O4/c12-7(13)10-17-4-8(14)15-2-16-9(4)18(10)11-6(21)5(20)3(1-19)22-11/h2-3,5-7,11,19-21H,1H2,(H2,14,15,16)/t3-,5-,6-,11-/m1/s1. The number of aliphatic hydroxyl groups is 3. The molecule has 9 nitrogen and oxygen atoms in total. The van der Waals surface area contributed by atoms with Crippen LogP contribution >= 0.6 is 0 Å². The largest absolute Gasteiger partial charge is 0.394 e. The summed E-state index contributed by atoms with van der Waals surface area (Å²) < 4.78 is 32.6. The Bertz CT molecular complexity index is 696. The lowest BCUT2D eigenvalue weighted by Crippen LogP contribution is -2.33. The molecule has 1 saturated heterocycles. The van der Waals surface area contributed by atoms with Gasteiger partial charge in [0.25, 0.3) is 6.43 Å². The highest BCUT2D eigenvalue weighted by Crippen LogP contribution is 2.35. The molecule has 1 fully saturated rings. The zero-order valence-electron chi connectivity index (χ0n) is 11.0. The topological polar surface area (TPSA) is 140 Å². The van der Waals surface area contributed by atoms with E-state index in [9.17, 15) is 19.0 Å². The minimum atomic E-state index is -2.99. The molecule has 3 rings (SSSR count). The Balaban J connectivity index is 2.17. The number of nitrogens with zero attached hydrogens (tertiary/aromatic N) is 4. The number of halogens is 2. The fourth-order valence-electron chi connectivity index (χ4n) is 2.44. The number of fused-ring (bicyclic) bond motifs is 1. The van der Waals surface area contributed by atoms with E-state index in [1.165, 1.54) is 0 Å². The molecule has 1 aliphatic heterocycles.